The lowest BCUT2D eigenvalue weighted by molar-refractivity contribution is 0.603. The van der Waals surface area contributed by atoms with Gasteiger partial charge in [0, 0.05) is 0 Å². The summed E-state index contributed by atoms with van der Waals surface area (Å²) in [5, 5.41) is 0. The Labute approximate surface area is 102 Å². The van der Waals surface area contributed by atoms with Crippen LogP contribution in [-0.2, 0) is 9.84 Å². The van der Waals surface area contributed by atoms with E-state index in [0.717, 1.165) is 12.0 Å². The lowest BCUT2D eigenvalue weighted by atomic mass is 10.2. The minimum atomic E-state index is -3.38. The molecule has 1 aliphatic carbocycles. The van der Waals surface area contributed by atoms with Crippen LogP contribution < -0.4 is 0 Å². The summed E-state index contributed by atoms with van der Waals surface area (Å²) in [6.07, 6.45) is 7.94. The Kier molecular flexibility index (Phi) is 3.29. The minimum absolute atomic E-state index is 0.339. The molecule has 88 valence electrons. The lowest BCUT2D eigenvalue weighted by Crippen LogP contribution is -2.03. The molecular formula is C14H14O2S. The highest BCUT2D eigenvalue weighted by atomic mass is 32.2. The van der Waals surface area contributed by atoms with E-state index in [1.165, 1.54) is 0 Å². The molecule has 2 nitrogen and oxygen atoms in total. The van der Waals surface area contributed by atoms with Gasteiger partial charge in [-0.3, -0.25) is 0 Å². The average Bonchev–Trinajstić information content (AvgIpc) is 2.55. The molecule has 0 N–H and O–H groups in total. The zero-order valence-electron chi connectivity index (χ0n) is 9.63. The maximum Gasteiger partial charge on any atom is 0.206 e. The maximum absolute atomic E-state index is 12.3. The monoisotopic (exact) mass is 246 g/mol. The van der Waals surface area contributed by atoms with E-state index < -0.39 is 9.84 Å². The third-order valence-electron chi connectivity index (χ3n) is 2.59. The van der Waals surface area contributed by atoms with Gasteiger partial charge in [0.15, 0.2) is 0 Å². The van der Waals surface area contributed by atoms with Crippen LogP contribution in [0.4, 0.5) is 0 Å². The molecule has 0 spiro atoms. The fourth-order valence-corrected chi connectivity index (χ4v) is 3.07. The highest BCUT2D eigenvalue weighted by Crippen LogP contribution is 2.23. The Hall–Kier alpha value is -1.61. The van der Waals surface area contributed by atoms with Gasteiger partial charge in [-0.1, -0.05) is 35.9 Å². The lowest BCUT2D eigenvalue weighted by Gasteiger charge is -2.05. The first kappa shape index (κ1) is 11.9. The molecule has 0 saturated carbocycles. The van der Waals surface area contributed by atoms with Crippen LogP contribution in [0.5, 0.6) is 0 Å². The fourth-order valence-electron chi connectivity index (χ4n) is 1.67. The molecule has 1 aliphatic rings. The number of sulfone groups is 1. The van der Waals surface area contributed by atoms with Crippen LogP contribution in [0, 0.1) is 0 Å². The molecule has 0 aromatic heterocycles. The summed E-state index contributed by atoms with van der Waals surface area (Å²) in [6.45, 7) is 1.93. The number of allylic oxidation sites excluding steroid dienone is 5. The van der Waals surface area contributed by atoms with E-state index in [0.29, 0.717) is 9.80 Å². The van der Waals surface area contributed by atoms with Crippen molar-refractivity contribution in [1.29, 1.82) is 0 Å². The average molecular weight is 246 g/mol. The van der Waals surface area contributed by atoms with E-state index >= 15 is 0 Å². The Morgan fingerprint density at radius 3 is 2.53 bits per heavy atom. The highest BCUT2D eigenvalue weighted by Gasteiger charge is 2.18. The predicted molar refractivity (Wildman–Crippen MR) is 69.2 cm³/mol. The number of hydrogen-bond acceptors (Lipinski definition) is 2. The van der Waals surface area contributed by atoms with Crippen LogP contribution in [0.25, 0.3) is 0 Å². The molecule has 1 aromatic rings. The Balaban J connectivity index is 2.51. The third-order valence-corrected chi connectivity index (χ3v) is 4.36. The van der Waals surface area contributed by atoms with Crippen LogP contribution >= 0.6 is 0 Å². The Bertz CT molecular complexity index is 590. The van der Waals surface area contributed by atoms with E-state index in [2.05, 4.69) is 0 Å². The zero-order valence-corrected chi connectivity index (χ0v) is 10.4. The maximum atomic E-state index is 12.3. The fraction of sp³-hybridized carbons (Fsp3) is 0.143. The quantitative estimate of drug-likeness (QED) is 0.802. The van der Waals surface area contributed by atoms with Gasteiger partial charge in [0.2, 0.25) is 9.84 Å². The molecule has 0 unspecified atom stereocenters. The smallest absolute Gasteiger partial charge is 0.206 e. The molecule has 2 rings (SSSR count). The molecule has 0 heterocycles. The largest absolute Gasteiger partial charge is 0.219 e. The molecule has 17 heavy (non-hydrogen) atoms. The van der Waals surface area contributed by atoms with Gasteiger partial charge in [-0.15, -0.1) is 0 Å². The summed E-state index contributed by atoms with van der Waals surface area (Å²) in [5.41, 5.74) is 1.05. The second-order valence-electron chi connectivity index (χ2n) is 4.01. The van der Waals surface area contributed by atoms with Crippen molar-refractivity contribution in [3.8, 4) is 0 Å². The van der Waals surface area contributed by atoms with Crippen molar-refractivity contribution in [2.75, 3.05) is 0 Å². The van der Waals surface area contributed by atoms with Crippen LogP contribution in [-0.4, -0.2) is 8.42 Å². The third kappa shape index (κ3) is 2.56. The molecule has 0 saturated heterocycles. The molecule has 0 amide bonds. The Morgan fingerprint density at radius 2 is 1.82 bits per heavy atom. The van der Waals surface area contributed by atoms with Crippen molar-refractivity contribution >= 4 is 9.84 Å². The summed E-state index contributed by atoms with van der Waals surface area (Å²) in [4.78, 5) is 0.695. The van der Waals surface area contributed by atoms with Crippen molar-refractivity contribution in [1.82, 2.24) is 0 Å². The summed E-state index contributed by atoms with van der Waals surface area (Å²) in [6, 6.07) is 8.51. The minimum Gasteiger partial charge on any atom is -0.219 e. The summed E-state index contributed by atoms with van der Waals surface area (Å²) < 4.78 is 24.7. The van der Waals surface area contributed by atoms with E-state index in [-0.39, 0.29) is 0 Å². The first-order valence-electron chi connectivity index (χ1n) is 5.45. The normalized spacial score (nSPS) is 16.1. The Morgan fingerprint density at radius 1 is 1.12 bits per heavy atom. The van der Waals surface area contributed by atoms with Gasteiger partial charge in [0.05, 0.1) is 9.80 Å². The van der Waals surface area contributed by atoms with E-state index in [1.54, 1.807) is 42.5 Å². The van der Waals surface area contributed by atoms with Gasteiger partial charge >= 0.3 is 0 Å². The standard InChI is InChI=1S/C14H14O2S/c1-12-7-5-6-10-14(11-12)17(15,16)13-8-3-2-4-9-13/h2-6,8-11H,7H2,1H3. The van der Waals surface area contributed by atoms with Gasteiger partial charge in [-0.2, -0.15) is 0 Å². The molecule has 0 atom stereocenters. The molecular weight excluding hydrogens is 232 g/mol. The van der Waals surface area contributed by atoms with Gasteiger partial charge < -0.3 is 0 Å². The van der Waals surface area contributed by atoms with E-state index in [1.807, 2.05) is 19.1 Å². The topological polar surface area (TPSA) is 34.1 Å². The molecule has 3 heteroatoms. The summed E-state index contributed by atoms with van der Waals surface area (Å²) >= 11 is 0. The van der Waals surface area contributed by atoms with Crippen LogP contribution in [0.1, 0.15) is 13.3 Å². The summed E-state index contributed by atoms with van der Waals surface area (Å²) in [7, 11) is -3.38. The zero-order chi connectivity index (χ0) is 12.3. The van der Waals surface area contributed by atoms with Gasteiger partial charge in [0.25, 0.3) is 0 Å². The second kappa shape index (κ2) is 4.72. The number of rotatable bonds is 2. The highest BCUT2D eigenvalue weighted by molar-refractivity contribution is 7.95. The molecule has 0 bridgehead atoms. The SMILES string of the molecule is CC1=CC(S(=O)(=O)c2ccccc2)=CC=CC1. The number of hydrogen-bond donors (Lipinski definition) is 0. The van der Waals surface area contributed by atoms with Crippen molar-refractivity contribution in [3.05, 3.63) is 65.1 Å². The van der Waals surface area contributed by atoms with Crippen LogP contribution in [0.2, 0.25) is 0 Å². The molecule has 0 aliphatic heterocycles. The van der Waals surface area contributed by atoms with Crippen molar-refractivity contribution in [2.45, 2.75) is 18.2 Å². The van der Waals surface area contributed by atoms with E-state index in [4.69, 9.17) is 0 Å². The van der Waals surface area contributed by atoms with Gasteiger partial charge in [-0.25, -0.2) is 8.42 Å². The van der Waals surface area contributed by atoms with Crippen molar-refractivity contribution < 1.29 is 8.42 Å². The molecule has 0 radical (unpaired) electrons. The van der Waals surface area contributed by atoms with Crippen molar-refractivity contribution in [3.63, 3.8) is 0 Å². The second-order valence-corrected chi connectivity index (χ2v) is 5.96. The predicted octanol–water partition coefficient (Wildman–Crippen LogP) is 3.25. The molecule has 1 aromatic carbocycles. The van der Waals surface area contributed by atoms with Gasteiger partial charge in [-0.05, 0) is 37.6 Å². The summed E-state index contributed by atoms with van der Waals surface area (Å²) in [5.74, 6) is 0. The first-order valence-corrected chi connectivity index (χ1v) is 6.93. The van der Waals surface area contributed by atoms with Gasteiger partial charge in [0.1, 0.15) is 0 Å². The molecule has 0 fully saturated rings. The van der Waals surface area contributed by atoms with Crippen LogP contribution in [0.3, 0.4) is 0 Å². The van der Waals surface area contributed by atoms with E-state index in [9.17, 15) is 8.42 Å². The van der Waals surface area contributed by atoms with Crippen LogP contribution in [0.15, 0.2) is 70.0 Å². The van der Waals surface area contributed by atoms with Crippen molar-refractivity contribution in [2.24, 2.45) is 0 Å². The first-order chi connectivity index (χ1) is 8.10. The number of benzene rings is 1.